The van der Waals surface area contributed by atoms with Gasteiger partial charge in [-0.2, -0.15) is 5.26 Å². The van der Waals surface area contributed by atoms with Crippen molar-refractivity contribution in [3.8, 4) is 6.07 Å². The van der Waals surface area contributed by atoms with Gasteiger partial charge in [0, 0.05) is 16.7 Å². The number of nitriles is 1. The van der Waals surface area contributed by atoms with E-state index < -0.39 is 0 Å². The molecule has 0 fully saturated rings. The molecule has 0 N–H and O–H groups in total. The molecule has 13 heavy (non-hydrogen) atoms. The molecule has 1 rings (SSSR count). The number of rotatable bonds is 2. The standard InChI is InChI=1S/C9H10BrN3/c1-6-3-7(2)13-9(12-6)8(4-10)5-11/h3,8H,4H2,1-2H3. The first-order chi connectivity index (χ1) is 6.17. The summed E-state index contributed by atoms with van der Waals surface area (Å²) in [7, 11) is 0. The Morgan fingerprint density at radius 1 is 1.46 bits per heavy atom. The Kier molecular flexibility index (Phi) is 3.38. The van der Waals surface area contributed by atoms with Crippen LogP contribution in [-0.2, 0) is 0 Å². The summed E-state index contributed by atoms with van der Waals surface area (Å²) in [6.45, 7) is 3.81. The summed E-state index contributed by atoms with van der Waals surface area (Å²) in [5.41, 5.74) is 1.81. The van der Waals surface area contributed by atoms with Crippen LogP contribution in [0.1, 0.15) is 23.1 Å². The fourth-order valence-corrected chi connectivity index (χ4v) is 1.50. The quantitative estimate of drug-likeness (QED) is 0.743. The van der Waals surface area contributed by atoms with E-state index in [-0.39, 0.29) is 5.92 Å². The number of halogens is 1. The van der Waals surface area contributed by atoms with E-state index in [0.29, 0.717) is 11.2 Å². The summed E-state index contributed by atoms with van der Waals surface area (Å²) in [4.78, 5) is 8.42. The van der Waals surface area contributed by atoms with Crippen molar-refractivity contribution in [1.29, 1.82) is 5.26 Å². The highest BCUT2D eigenvalue weighted by Gasteiger charge is 2.12. The van der Waals surface area contributed by atoms with Crippen LogP contribution in [0.4, 0.5) is 0 Å². The average Bonchev–Trinajstić information content (AvgIpc) is 2.04. The first-order valence-corrected chi connectivity index (χ1v) is 5.07. The molecule has 0 radical (unpaired) electrons. The predicted octanol–water partition coefficient (Wildman–Crippen LogP) is 2.10. The highest BCUT2D eigenvalue weighted by molar-refractivity contribution is 9.09. The largest absolute Gasteiger partial charge is 0.237 e. The van der Waals surface area contributed by atoms with Crippen molar-refractivity contribution in [3.63, 3.8) is 0 Å². The second kappa shape index (κ2) is 4.33. The normalized spacial score (nSPS) is 12.2. The maximum Gasteiger partial charge on any atom is 0.146 e. The second-order valence-electron chi connectivity index (χ2n) is 2.84. The van der Waals surface area contributed by atoms with Gasteiger partial charge in [-0.1, -0.05) is 15.9 Å². The van der Waals surface area contributed by atoms with E-state index in [1.54, 1.807) is 0 Å². The van der Waals surface area contributed by atoms with Gasteiger partial charge in [-0.15, -0.1) is 0 Å². The molecule has 0 aliphatic heterocycles. The third-order valence-electron chi connectivity index (χ3n) is 1.62. The van der Waals surface area contributed by atoms with E-state index in [9.17, 15) is 0 Å². The van der Waals surface area contributed by atoms with Gasteiger partial charge in [0.05, 0.1) is 6.07 Å². The third-order valence-corrected chi connectivity index (χ3v) is 2.27. The van der Waals surface area contributed by atoms with Gasteiger partial charge in [0.15, 0.2) is 0 Å². The Morgan fingerprint density at radius 2 is 2.00 bits per heavy atom. The Labute approximate surface area is 86.0 Å². The van der Waals surface area contributed by atoms with Crippen LogP contribution in [-0.4, -0.2) is 15.3 Å². The van der Waals surface area contributed by atoms with Gasteiger partial charge in [-0.3, -0.25) is 0 Å². The highest BCUT2D eigenvalue weighted by atomic mass is 79.9. The summed E-state index contributed by atoms with van der Waals surface area (Å²) in [6, 6.07) is 4.05. The van der Waals surface area contributed by atoms with E-state index in [4.69, 9.17) is 5.26 Å². The molecule has 0 aliphatic carbocycles. The Morgan fingerprint density at radius 3 is 2.38 bits per heavy atom. The molecular formula is C9H10BrN3. The number of aryl methyl sites for hydroxylation is 2. The lowest BCUT2D eigenvalue weighted by molar-refractivity contribution is 0.840. The zero-order valence-electron chi connectivity index (χ0n) is 7.58. The topological polar surface area (TPSA) is 49.6 Å². The van der Waals surface area contributed by atoms with Crippen molar-refractivity contribution in [1.82, 2.24) is 9.97 Å². The molecule has 1 heterocycles. The maximum absolute atomic E-state index is 8.80. The lowest BCUT2D eigenvalue weighted by atomic mass is 10.2. The summed E-state index contributed by atoms with van der Waals surface area (Å²) in [5, 5.41) is 9.38. The van der Waals surface area contributed by atoms with Crippen LogP contribution in [0.25, 0.3) is 0 Å². The summed E-state index contributed by atoms with van der Waals surface area (Å²) < 4.78 is 0. The van der Waals surface area contributed by atoms with E-state index in [1.165, 1.54) is 0 Å². The van der Waals surface area contributed by atoms with Crippen LogP contribution in [0.2, 0.25) is 0 Å². The SMILES string of the molecule is Cc1cc(C)nc(C(C#N)CBr)n1. The number of hydrogen-bond donors (Lipinski definition) is 0. The van der Waals surface area contributed by atoms with E-state index in [0.717, 1.165) is 11.4 Å². The van der Waals surface area contributed by atoms with Crippen molar-refractivity contribution < 1.29 is 0 Å². The highest BCUT2D eigenvalue weighted by Crippen LogP contribution is 2.13. The molecule has 0 aliphatic rings. The third kappa shape index (κ3) is 2.49. The first kappa shape index (κ1) is 10.1. The van der Waals surface area contributed by atoms with Gasteiger partial charge in [0.2, 0.25) is 0 Å². The molecule has 1 atom stereocenters. The summed E-state index contributed by atoms with van der Waals surface area (Å²) in [6.07, 6.45) is 0. The Hall–Kier alpha value is -0.950. The minimum absolute atomic E-state index is 0.251. The summed E-state index contributed by atoms with van der Waals surface area (Å²) in [5.74, 6) is 0.357. The van der Waals surface area contributed by atoms with Gasteiger partial charge in [-0.25, -0.2) is 9.97 Å². The maximum atomic E-state index is 8.80. The molecule has 0 saturated heterocycles. The number of alkyl halides is 1. The van der Waals surface area contributed by atoms with Crippen LogP contribution >= 0.6 is 15.9 Å². The van der Waals surface area contributed by atoms with Gasteiger partial charge >= 0.3 is 0 Å². The van der Waals surface area contributed by atoms with Crippen LogP contribution in [0, 0.1) is 25.2 Å². The van der Waals surface area contributed by atoms with Crippen LogP contribution in [0.3, 0.4) is 0 Å². The molecular weight excluding hydrogens is 230 g/mol. The second-order valence-corrected chi connectivity index (χ2v) is 3.49. The minimum atomic E-state index is -0.251. The Balaban J connectivity index is 3.08. The lowest BCUT2D eigenvalue weighted by Crippen LogP contribution is -2.05. The fraction of sp³-hybridized carbons (Fsp3) is 0.444. The molecule has 0 spiro atoms. The molecule has 1 aromatic rings. The van der Waals surface area contributed by atoms with Crippen molar-refractivity contribution in [3.05, 3.63) is 23.3 Å². The van der Waals surface area contributed by atoms with Crippen molar-refractivity contribution in [2.75, 3.05) is 5.33 Å². The monoisotopic (exact) mass is 239 g/mol. The molecule has 0 saturated carbocycles. The van der Waals surface area contributed by atoms with Gasteiger partial charge in [0.1, 0.15) is 11.7 Å². The van der Waals surface area contributed by atoms with E-state index in [1.807, 2.05) is 19.9 Å². The molecule has 0 amide bonds. The average molecular weight is 240 g/mol. The molecule has 4 heteroatoms. The van der Waals surface area contributed by atoms with Crippen molar-refractivity contribution >= 4 is 15.9 Å². The zero-order valence-corrected chi connectivity index (χ0v) is 9.17. The molecule has 0 aromatic carbocycles. The Bertz CT molecular complexity index is 323. The van der Waals surface area contributed by atoms with Crippen molar-refractivity contribution in [2.24, 2.45) is 0 Å². The molecule has 0 bridgehead atoms. The van der Waals surface area contributed by atoms with Crippen LogP contribution < -0.4 is 0 Å². The van der Waals surface area contributed by atoms with Gasteiger partial charge in [0.25, 0.3) is 0 Å². The van der Waals surface area contributed by atoms with E-state index in [2.05, 4.69) is 32.0 Å². The van der Waals surface area contributed by atoms with Gasteiger partial charge in [-0.05, 0) is 19.9 Å². The smallest absolute Gasteiger partial charge is 0.146 e. The number of nitrogens with zero attached hydrogens (tertiary/aromatic N) is 3. The molecule has 1 unspecified atom stereocenters. The van der Waals surface area contributed by atoms with Crippen LogP contribution in [0.15, 0.2) is 6.07 Å². The minimum Gasteiger partial charge on any atom is -0.237 e. The van der Waals surface area contributed by atoms with Crippen molar-refractivity contribution in [2.45, 2.75) is 19.8 Å². The molecule has 1 aromatic heterocycles. The lowest BCUT2D eigenvalue weighted by Gasteiger charge is -2.05. The number of aromatic nitrogens is 2. The fourth-order valence-electron chi connectivity index (χ4n) is 1.07. The predicted molar refractivity (Wildman–Crippen MR) is 53.7 cm³/mol. The molecule has 68 valence electrons. The van der Waals surface area contributed by atoms with E-state index >= 15 is 0 Å². The zero-order chi connectivity index (χ0) is 9.84. The van der Waals surface area contributed by atoms with Crippen LogP contribution in [0.5, 0.6) is 0 Å². The first-order valence-electron chi connectivity index (χ1n) is 3.95. The summed E-state index contributed by atoms with van der Waals surface area (Å²) >= 11 is 3.26. The molecule has 3 nitrogen and oxygen atoms in total. The van der Waals surface area contributed by atoms with Gasteiger partial charge < -0.3 is 0 Å². The number of hydrogen-bond acceptors (Lipinski definition) is 3.